The quantitative estimate of drug-likeness (QED) is 0.752. The van der Waals surface area contributed by atoms with Crippen molar-refractivity contribution in [1.82, 2.24) is 4.98 Å². The lowest BCUT2D eigenvalue weighted by atomic mass is 9.86. The van der Waals surface area contributed by atoms with Crippen LogP contribution in [0, 0.1) is 17.5 Å². The first-order valence-electron chi connectivity index (χ1n) is 7.87. The standard InChI is InChI=1S/C20H15F3N2O/c1-11(13-2-5-16(21)17(22)10-13)18-15(20(24)26)4-3-14(19(18)23)12-6-8-25-9-7-12/h2-11H,1H3,(H2,24,26)/t11-/m0/s1. The molecule has 0 aliphatic heterocycles. The van der Waals surface area contributed by atoms with E-state index in [0.29, 0.717) is 11.1 Å². The third-order valence-electron chi connectivity index (χ3n) is 4.31. The number of hydrogen-bond donors (Lipinski definition) is 1. The van der Waals surface area contributed by atoms with Gasteiger partial charge in [0.15, 0.2) is 11.6 Å². The fourth-order valence-electron chi connectivity index (χ4n) is 2.93. The molecule has 2 N–H and O–H groups in total. The number of amides is 1. The summed E-state index contributed by atoms with van der Waals surface area (Å²) in [5.74, 6) is -4.18. The molecule has 3 nitrogen and oxygen atoms in total. The van der Waals surface area contributed by atoms with Crippen LogP contribution in [0.5, 0.6) is 0 Å². The highest BCUT2D eigenvalue weighted by atomic mass is 19.2. The molecule has 0 aliphatic rings. The number of rotatable bonds is 4. The predicted molar refractivity (Wildman–Crippen MR) is 92.0 cm³/mol. The first-order chi connectivity index (χ1) is 12.4. The van der Waals surface area contributed by atoms with Gasteiger partial charge in [-0.1, -0.05) is 19.1 Å². The van der Waals surface area contributed by atoms with E-state index >= 15 is 4.39 Å². The van der Waals surface area contributed by atoms with E-state index in [-0.39, 0.29) is 16.7 Å². The Morgan fingerprint density at radius 1 is 1.00 bits per heavy atom. The fourth-order valence-corrected chi connectivity index (χ4v) is 2.93. The molecule has 6 heteroatoms. The van der Waals surface area contributed by atoms with Crippen molar-refractivity contribution >= 4 is 5.91 Å². The minimum Gasteiger partial charge on any atom is -0.366 e. The van der Waals surface area contributed by atoms with Gasteiger partial charge in [0.05, 0.1) is 0 Å². The van der Waals surface area contributed by atoms with E-state index in [1.807, 2.05) is 0 Å². The summed E-state index contributed by atoms with van der Waals surface area (Å²) in [6.07, 6.45) is 3.05. The Kier molecular flexibility index (Phi) is 4.75. The summed E-state index contributed by atoms with van der Waals surface area (Å²) in [6, 6.07) is 9.48. The van der Waals surface area contributed by atoms with Crippen LogP contribution in [0.3, 0.4) is 0 Å². The van der Waals surface area contributed by atoms with Crippen molar-refractivity contribution in [2.75, 3.05) is 0 Å². The number of benzene rings is 2. The molecule has 1 heterocycles. The van der Waals surface area contributed by atoms with E-state index < -0.39 is 29.3 Å². The van der Waals surface area contributed by atoms with Crippen LogP contribution in [0.25, 0.3) is 11.1 Å². The Hall–Kier alpha value is -3.15. The molecule has 0 aliphatic carbocycles. The summed E-state index contributed by atoms with van der Waals surface area (Å²) in [5, 5.41) is 0. The lowest BCUT2D eigenvalue weighted by Gasteiger charge is -2.19. The van der Waals surface area contributed by atoms with Gasteiger partial charge < -0.3 is 5.73 Å². The first-order valence-corrected chi connectivity index (χ1v) is 7.87. The van der Waals surface area contributed by atoms with E-state index in [2.05, 4.69) is 4.98 Å². The van der Waals surface area contributed by atoms with Crippen LogP contribution < -0.4 is 5.73 Å². The molecular weight excluding hydrogens is 341 g/mol. The number of aromatic nitrogens is 1. The van der Waals surface area contributed by atoms with Crippen LogP contribution in [-0.2, 0) is 0 Å². The van der Waals surface area contributed by atoms with Gasteiger partial charge in [-0.25, -0.2) is 13.2 Å². The topological polar surface area (TPSA) is 56.0 Å². The Morgan fingerprint density at radius 2 is 1.69 bits per heavy atom. The van der Waals surface area contributed by atoms with Gasteiger partial charge in [0.25, 0.3) is 0 Å². The fraction of sp³-hybridized carbons (Fsp3) is 0.100. The molecule has 0 fully saturated rings. The molecule has 26 heavy (non-hydrogen) atoms. The molecule has 0 radical (unpaired) electrons. The van der Waals surface area contributed by atoms with E-state index in [9.17, 15) is 13.6 Å². The minimum atomic E-state index is -1.04. The molecule has 1 atom stereocenters. The zero-order chi connectivity index (χ0) is 18.8. The van der Waals surface area contributed by atoms with Gasteiger partial charge in [-0.2, -0.15) is 0 Å². The minimum absolute atomic E-state index is 0.00228. The molecule has 0 unspecified atom stereocenters. The molecule has 0 bridgehead atoms. The van der Waals surface area contributed by atoms with Crippen molar-refractivity contribution in [3.8, 4) is 11.1 Å². The number of halogens is 3. The van der Waals surface area contributed by atoms with Gasteiger partial charge >= 0.3 is 0 Å². The predicted octanol–water partition coefficient (Wildman–Crippen LogP) is 4.42. The molecule has 2 aromatic carbocycles. The lowest BCUT2D eigenvalue weighted by Crippen LogP contribution is -2.17. The Labute approximate surface area is 148 Å². The summed E-state index contributed by atoms with van der Waals surface area (Å²) in [6.45, 7) is 1.61. The van der Waals surface area contributed by atoms with E-state index in [1.54, 1.807) is 19.1 Å². The Morgan fingerprint density at radius 3 is 2.31 bits per heavy atom. The van der Waals surface area contributed by atoms with E-state index in [0.717, 1.165) is 12.1 Å². The van der Waals surface area contributed by atoms with Crippen molar-refractivity contribution in [3.63, 3.8) is 0 Å². The van der Waals surface area contributed by atoms with Crippen LogP contribution in [0.4, 0.5) is 13.2 Å². The third kappa shape index (κ3) is 3.18. The summed E-state index contributed by atoms with van der Waals surface area (Å²) in [7, 11) is 0. The number of carbonyl (C=O) groups is 1. The number of pyridine rings is 1. The zero-order valence-electron chi connectivity index (χ0n) is 13.8. The highest BCUT2D eigenvalue weighted by Gasteiger charge is 2.24. The average molecular weight is 356 g/mol. The average Bonchev–Trinajstić information content (AvgIpc) is 2.63. The van der Waals surface area contributed by atoms with Gasteiger partial charge in [-0.3, -0.25) is 9.78 Å². The van der Waals surface area contributed by atoms with Crippen molar-refractivity contribution in [3.05, 3.63) is 89.0 Å². The largest absolute Gasteiger partial charge is 0.366 e. The number of carbonyl (C=O) groups excluding carboxylic acids is 1. The molecule has 3 rings (SSSR count). The number of hydrogen-bond acceptors (Lipinski definition) is 2. The van der Waals surface area contributed by atoms with Crippen molar-refractivity contribution in [2.24, 2.45) is 5.73 Å². The van der Waals surface area contributed by atoms with Crippen molar-refractivity contribution in [1.29, 1.82) is 0 Å². The summed E-state index contributed by atoms with van der Waals surface area (Å²) < 4.78 is 42.1. The second kappa shape index (κ2) is 7.00. The van der Waals surface area contributed by atoms with Crippen molar-refractivity contribution < 1.29 is 18.0 Å². The van der Waals surface area contributed by atoms with Crippen molar-refractivity contribution in [2.45, 2.75) is 12.8 Å². The maximum absolute atomic E-state index is 15.3. The molecule has 1 aromatic heterocycles. The Bertz CT molecular complexity index is 974. The third-order valence-corrected chi connectivity index (χ3v) is 4.31. The molecule has 0 saturated heterocycles. The Balaban J connectivity index is 2.20. The van der Waals surface area contributed by atoms with E-state index in [1.165, 1.54) is 30.6 Å². The summed E-state index contributed by atoms with van der Waals surface area (Å²) >= 11 is 0. The van der Waals surface area contributed by atoms with Crippen LogP contribution in [0.2, 0.25) is 0 Å². The smallest absolute Gasteiger partial charge is 0.249 e. The highest BCUT2D eigenvalue weighted by molar-refractivity contribution is 5.95. The highest BCUT2D eigenvalue weighted by Crippen LogP contribution is 2.35. The number of nitrogens with zero attached hydrogens (tertiary/aromatic N) is 1. The molecule has 132 valence electrons. The summed E-state index contributed by atoms with van der Waals surface area (Å²) in [5.41, 5.74) is 6.60. The molecule has 0 saturated carbocycles. The normalized spacial score (nSPS) is 12.0. The van der Waals surface area contributed by atoms with Gasteiger partial charge in [-0.05, 0) is 41.5 Å². The van der Waals surface area contributed by atoms with E-state index in [4.69, 9.17) is 5.73 Å². The first kappa shape index (κ1) is 17.7. The number of primary amides is 1. The summed E-state index contributed by atoms with van der Waals surface area (Å²) in [4.78, 5) is 15.7. The van der Waals surface area contributed by atoms with Crippen LogP contribution in [-0.4, -0.2) is 10.9 Å². The number of nitrogens with two attached hydrogens (primary N) is 1. The molecule has 3 aromatic rings. The molecule has 1 amide bonds. The van der Waals surface area contributed by atoms with Gasteiger partial charge in [0.1, 0.15) is 5.82 Å². The zero-order valence-corrected chi connectivity index (χ0v) is 13.8. The monoisotopic (exact) mass is 356 g/mol. The molecule has 0 spiro atoms. The second-order valence-corrected chi connectivity index (χ2v) is 5.88. The van der Waals surface area contributed by atoms with Gasteiger partial charge in [0.2, 0.25) is 5.91 Å². The lowest BCUT2D eigenvalue weighted by molar-refractivity contribution is 0.0998. The van der Waals surface area contributed by atoms with Crippen LogP contribution in [0.15, 0.2) is 54.9 Å². The van der Waals surface area contributed by atoms with Gasteiger partial charge in [-0.15, -0.1) is 0 Å². The SMILES string of the molecule is C[C@@H](c1ccc(F)c(F)c1)c1c(C(N)=O)ccc(-c2ccncc2)c1F. The molecular formula is C20H15F3N2O. The van der Waals surface area contributed by atoms with Gasteiger partial charge in [0, 0.05) is 35.0 Å². The maximum Gasteiger partial charge on any atom is 0.249 e. The van der Waals surface area contributed by atoms with Crippen LogP contribution >= 0.6 is 0 Å². The second-order valence-electron chi connectivity index (χ2n) is 5.88. The maximum atomic E-state index is 15.3. The van der Waals surface area contributed by atoms with Crippen LogP contribution in [0.1, 0.15) is 34.3 Å².